The molecule has 3 rings (SSSR count). The summed E-state index contributed by atoms with van der Waals surface area (Å²) in [5.74, 6) is 0.515. The zero-order valence-corrected chi connectivity index (χ0v) is 16.9. The van der Waals surface area contributed by atoms with E-state index in [-0.39, 0.29) is 17.6 Å². The summed E-state index contributed by atoms with van der Waals surface area (Å²) in [6.07, 6.45) is 4.55. The summed E-state index contributed by atoms with van der Waals surface area (Å²) in [7, 11) is 0. The van der Waals surface area contributed by atoms with E-state index in [1.165, 1.54) is 12.1 Å². The molecule has 1 saturated carbocycles. The number of halogens is 1. The van der Waals surface area contributed by atoms with Crippen molar-refractivity contribution < 1.29 is 14.0 Å². The van der Waals surface area contributed by atoms with Crippen molar-refractivity contribution in [2.45, 2.75) is 45.6 Å². The van der Waals surface area contributed by atoms with Crippen LogP contribution in [0.4, 0.5) is 4.39 Å². The molecule has 1 aliphatic carbocycles. The van der Waals surface area contributed by atoms with E-state index in [9.17, 15) is 14.0 Å². The largest absolute Gasteiger partial charge is 0.340 e. The number of amides is 2. The molecule has 2 amide bonds. The first-order valence-corrected chi connectivity index (χ1v) is 10.6. The molecule has 1 aliphatic heterocycles. The Labute approximate surface area is 167 Å². The highest BCUT2D eigenvalue weighted by Gasteiger charge is 2.34. The normalized spacial score (nSPS) is 17.6. The van der Waals surface area contributed by atoms with E-state index < -0.39 is 0 Å². The zero-order valence-electron chi connectivity index (χ0n) is 16.9. The second-order valence-electron chi connectivity index (χ2n) is 7.99. The molecule has 1 saturated heterocycles. The Balaban J connectivity index is 1.50. The van der Waals surface area contributed by atoms with E-state index in [4.69, 9.17) is 0 Å². The molecule has 28 heavy (non-hydrogen) atoms. The van der Waals surface area contributed by atoms with Gasteiger partial charge in [-0.1, -0.05) is 25.5 Å². The van der Waals surface area contributed by atoms with Crippen molar-refractivity contribution in [2.75, 3.05) is 39.3 Å². The maximum atomic E-state index is 13.2. The predicted molar refractivity (Wildman–Crippen MR) is 107 cm³/mol. The highest BCUT2D eigenvalue weighted by Crippen LogP contribution is 2.31. The predicted octanol–water partition coefficient (Wildman–Crippen LogP) is 2.90. The van der Waals surface area contributed by atoms with Crippen molar-refractivity contribution in [3.05, 3.63) is 35.6 Å². The number of hydrogen-bond acceptors (Lipinski definition) is 3. The number of nitrogens with zero attached hydrogens (tertiary/aromatic N) is 3. The maximum absolute atomic E-state index is 13.2. The van der Waals surface area contributed by atoms with E-state index in [2.05, 4.69) is 11.8 Å². The standard InChI is InChI=1S/C22H32FN3O2/c1-2-3-4-21(27)26(17-18-5-9-20(23)10-6-18)16-13-24-11-14-25(15-12-24)22(28)19-7-8-19/h5-6,9-10,19H,2-4,7-8,11-17H2,1H3. The van der Waals surface area contributed by atoms with Crippen molar-refractivity contribution in [1.82, 2.24) is 14.7 Å². The van der Waals surface area contributed by atoms with Crippen molar-refractivity contribution in [3.8, 4) is 0 Å². The smallest absolute Gasteiger partial charge is 0.225 e. The van der Waals surface area contributed by atoms with Crippen molar-refractivity contribution in [3.63, 3.8) is 0 Å². The minimum Gasteiger partial charge on any atom is -0.340 e. The first kappa shape index (κ1) is 20.8. The van der Waals surface area contributed by atoms with Crippen molar-refractivity contribution in [2.24, 2.45) is 5.92 Å². The Morgan fingerprint density at radius 2 is 1.79 bits per heavy atom. The van der Waals surface area contributed by atoms with E-state index in [0.29, 0.717) is 25.4 Å². The fraction of sp³-hybridized carbons (Fsp3) is 0.636. The van der Waals surface area contributed by atoms with E-state index >= 15 is 0 Å². The van der Waals surface area contributed by atoms with Gasteiger partial charge < -0.3 is 9.80 Å². The first-order chi connectivity index (χ1) is 13.6. The van der Waals surface area contributed by atoms with Gasteiger partial charge in [-0.25, -0.2) is 4.39 Å². The Morgan fingerprint density at radius 1 is 1.11 bits per heavy atom. The van der Waals surface area contributed by atoms with Gasteiger partial charge in [0.25, 0.3) is 0 Å². The first-order valence-electron chi connectivity index (χ1n) is 10.6. The molecule has 0 atom stereocenters. The zero-order chi connectivity index (χ0) is 19.9. The van der Waals surface area contributed by atoms with Gasteiger partial charge in [0.2, 0.25) is 11.8 Å². The lowest BCUT2D eigenvalue weighted by Gasteiger charge is -2.36. The Morgan fingerprint density at radius 3 is 2.39 bits per heavy atom. The average molecular weight is 390 g/mol. The minimum atomic E-state index is -0.258. The fourth-order valence-corrected chi connectivity index (χ4v) is 3.63. The maximum Gasteiger partial charge on any atom is 0.225 e. The third-order valence-electron chi connectivity index (χ3n) is 5.68. The Hall–Kier alpha value is -1.95. The topological polar surface area (TPSA) is 43.9 Å². The molecule has 5 nitrogen and oxygen atoms in total. The molecule has 0 aromatic heterocycles. The summed E-state index contributed by atoms with van der Waals surface area (Å²) in [4.78, 5) is 31.1. The van der Waals surface area contributed by atoms with Gasteiger partial charge in [0.05, 0.1) is 0 Å². The summed E-state index contributed by atoms with van der Waals surface area (Å²) < 4.78 is 13.2. The molecule has 2 fully saturated rings. The van der Waals surface area contributed by atoms with Crippen LogP contribution in [-0.4, -0.2) is 65.8 Å². The van der Waals surface area contributed by atoms with Crippen LogP contribution < -0.4 is 0 Å². The van der Waals surface area contributed by atoms with Gasteiger partial charge in [-0.2, -0.15) is 0 Å². The van der Waals surface area contributed by atoms with Crippen LogP contribution in [0, 0.1) is 11.7 Å². The van der Waals surface area contributed by atoms with Gasteiger partial charge in [0.15, 0.2) is 0 Å². The lowest BCUT2D eigenvalue weighted by atomic mass is 10.1. The number of carbonyl (C=O) groups excluding carboxylic acids is 2. The number of rotatable bonds is 9. The molecule has 0 unspecified atom stereocenters. The summed E-state index contributed by atoms with van der Waals surface area (Å²) in [5.41, 5.74) is 0.950. The summed E-state index contributed by atoms with van der Waals surface area (Å²) in [6, 6.07) is 6.38. The average Bonchev–Trinajstić information content (AvgIpc) is 3.56. The molecule has 0 N–H and O–H groups in total. The van der Waals surface area contributed by atoms with Crippen LogP contribution in [0.1, 0.15) is 44.6 Å². The molecule has 0 radical (unpaired) electrons. The van der Waals surface area contributed by atoms with Crippen LogP contribution in [0.5, 0.6) is 0 Å². The quantitative estimate of drug-likeness (QED) is 0.652. The molecule has 1 aromatic rings. The van der Waals surface area contributed by atoms with Crippen LogP contribution in [-0.2, 0) is 16.1 Å². The van der Waals surface area contributed by atoms with Gasteiger partial charge in [-0.05, 0) is 37.0 Å². The van der Waals surface area contributed by atoms with E-state index in [0.717, 1.165) is 64.0 Å². The molecular weight excluding hydrogens is 357 g/mol. The lowest BCUT2D eigenvalue weighted by Crippen LogP contribution is -2.51. The highest BCUT2D eigenvalue weighted by molar-refractivity contribution is 5.81. The lowest BCUT2D eigenvalue weighted by molar-refractivity contribution is -0.134. The second-order valence-corrected chi connectivity index (χ2v) is 7.99. The monoisotopic (exact) mass is 389 g/mol. The molecule has 6 heteroatoms. The van der Waals surface area contributed by atoms with Gasteiger partial charge in [-0.15, -0.1) is 0 Å². The number of carbonyl (C=O) groups is 2. The molecular formula is C22H32FN3O2. The molecule has 0 spiro atoms. The second kappa shape index (κ2) is 10.0. The van der Waals surface area contributed by atoms with Crippen LogP contribution in [0.2, 0.25) is 0 Å². The van der Waals surface area contributed by atoms with Crippen molar-refractivity contribution >= 4 is 11.8 Å². The SMILES string of the molecule is CCCCC(=O)N(CCN1CCN(C(=O)C2CC2)CC1)Cc1ccc(F)cc1. The number of piperazine rings is 1. The highest BCUT2D eigenvalue weighted by atomic mass is 19.1. The third-order valence-corrected chi connectivity index (χ3v) is 5.68. The summed E-state index contributed by atoms with van der Waals surface area (Å²) >= 11 is 0. The summed E-state index contributed by atoms with van der Waals surface area (Å²) in [6.45, 7) is 7.39. The summed E-state index contributed by atoms with van der Waals surface area (Å²) in [5, 5.41) is 0. The van der Waals surface area contributed by atoms with Gasteiger partial charge in [0.1, 0.15) is 5.82 Å². The number of hydrogen-bond donors (Lipinski definition) is 0. The number of benzene rings is 1. The molecule has 1 heterocycles. The minimum absolute atomic E-state index is 0.161. The van der Waals surface area contributed by atoms with E-state index in [1.807, 2.05) is 9.80 Å². The van der Waals surface area contributed by atoms with Gasteiger partial charge in [-0.3, -0.25) is 14.5 Å². The Kier molecular flexibility index (Phi) is 7.43. The van der Waals surface area contributed by atoms with Gasteiger partial charge in [0, 0.05) is 58.2 Å². The van der Waals surface area contributed by atoms with Crippen LogP contribution in [0.25, 0.3) is 0 Å². The molecule has 2 aliphatic rings. The van der Waals surface area contributed by atoms with Crippen LogP contribution in [0.15, 0.2) is 24.3 Å². The van der Waals surface area contributed by atoms with Crippen LogP contribution >= 0.6 is 0 Å². The number of unbranched alkanes of at least 4 members (excludes halogenated alkanes) is 1. The van der Waals surface area contributed by atoms with E-state index in [1.54, 1.807) is 12.1 Å². The Bertz CT molecular complexity index is 652. The van der Waals surface area contributed by atoms with Gasteiger partial charge >= 0.3 is 0 Å². The molecule has 154 valence electrons. The fourth-order valence-electron chi connectivity index (χ4n) is 3.63. The molecule has 1 aromatic carbocycles. The van der Waals surface area contributed by atoms with Crippen LogP contribution in [0.3, 0.4) is 0 Å². The van der Waals surface area contributed by atoms with Crippen molar-refractivity contribution in [1.29, 1.82) is 0 Å². The molecule has 0 bridgehead atoms. The third kappa shape index (κ3) is 6.03.